The summed E-state index contributed by atoms with van der Waals surface area (Å²) in [5.74, 6) is 0.435. The minimum absolute atomic E-state index is 0.208. The Morgan fingerprint density at radius 1 is 1.25 bits per heavy atom. The lowest BCUT2D eigenvalue weighted by atomic mass is 10.2. The van der Waals surface area contributed by atoms with Gasteiger partial charge in [0.15, 0.2) is 0 Å². The van der Waals surface area contributed by atoms with E-state index < -0.39 is 0 Å². The molecular formula is C16H21FN2S. The van der Waals surface area contributed by atoms with Crippen molar-refractivity contribution in [1.82, 2.24) is 10.3 Å². The van der Waals surface area contributed by atoms with E-state index in [-0.39, 0.29) is 5.82 Å². The third-order valence-electron chi connectivity index (χ3n) is 3.04. The highest BCUT2D eigenvalue weighted by molar-refractivity contribution is 7.15. The first-order valence-corrected chi connectivity index (χ1v) is 7.87. The van der Waals surface area contributed by atoms with Gasteiger partial charge in [0, 0.05) is 17.0 Å². The molecule has 2 rings (SSSR count). The number of aromatic nitrogens is 1. The van der Waals surface area contributed by atoms with Crippen molar-refractivity contribution in [3.8, 4) is 10.6 Å². The minimum atomic E-state index is -0.208. The van der Waals surface area contributed by atoms with Crippen LogP contribution in [-0.4, -0.2) is 11.5 Å². The van der Waals surface area contributed by atoms with E-state index >= 15 is 0 Å². The number of benzene rings is 1. The molecule has 1 aromatic heterocycles. The van der Waals surface area contributed by atoms with Gasteiger partial charge in [0.1, 0.15) is 10.8 Å². The summed E-state index contributed by atoms with van der Waals surface area (Å²) in [6.45, 7) is 8.39. The van der Waals surface area contributed by atoms with Crippen LogP contribution < -0.4 is 5.32 Å². The van der Waals surface area contributed by atoms with Crippen LogP contribution >= 0.6 is 11.3 Å². The van der Waals surface area contributed by atoms with Gasteiger partial charge in [-0.25, -0.2) is 9.37 Å². The van der Waals surface area contributed by atoms with Crippen molar-refractivity contribution in [2.24, 2.45) is 5.92 Å². The summed E-state index contributed by atoms with van der Waals surface area (Å²) in [5.41, 5.74) is 2.13. The molecule has 108 valence electrons. The third-order valence-corrected chi connectivity index (χ3v) is 4.19. The van der Waals surface area contributed by atoms with Crippen LogP contribution in [0.15, 0.2) is 24.3 Å². The van der Waals surface area contributed by atoms with Gasteiger partial charge >= 0.3 is 0 Å². The average Bonchev–Trinajstić information content (AvgIpc) is 2.82. The summed E-state index contributed by atoms with van der Waals surface area (Å²) >= 11 is 1.70. The Bertz CT molecular complexity index is 546. The Labute approximate surface area is 124 Å². The predicted octanol–water partition coefficient (Wildman–Crippen LogP) is 4.26. The molecule has 0 saturated heterocycles. The van der Waals surface area contributed by atoms with Crippen LogP contribution in [0.5, 0.6) is 0 Å². The molecule has 2 aromatic rings. The van der Waals surface area contributed by atoms with Gasteiger partial charge in [-0.05, 0) is 43.1 Å². The summed E-state index contributed by atoms with van der Waals surface area (Å²) in [7, 11) is 0. The first kappa shape index (κ1) is 15.1. The third kappa shape index (κ3) is 3.87. The van der Waals surface area contributed by atoms with E-state index in [9.17, 15) is 4.39 Å². The smallest absolute Gasteiger partial charge is 0.123 e. The van der Waals surface area contributed by atoms with Crippen molar-refractivity contribution in [1.29, 1.82) is 0 Å². The fraction of sp³-hybridized carbons (Fsp3) is 0.438. The zero-order valence-corrected chi connectivity index (χ0v) is 13.1. The summed E-state index contributed by atoms with van der Waals surface area (Å²) < 4.78 is 13.0. The van der Waals surface area contributed by atoms with Gasteiger partial charge < -0.3 is 5.32 Å². The van der Waals surface area contributed by atoms with Crippen molar-refractivity contribution in [3.05, 3.63) is 40.7 Å². The second-order valence-electron chi connectivity index (χ2n) is 5.27. The van der Waals surface area contributed by atoms with Crippen LogP contribution in [0.2, 0.25) is 0 Å². The molecule has 1 heterocycles. The fourth-order valence-electron chi connectivity index (χ4n) is 1.99. The van der Waals surface area contributed by atoms with Gasteiger partial charge in [-0.3, -0.25) is 0 Å². The molecule has 0 aliphatic heterocycles. The van der Waals surface area contributed by atoms with E-state index in [4.69, 9.17) is 0 Å². The van der Waals surface area contributed by atoms with Gasteiger partial charge in [-0.2, -0.15) is 0 Å². The summed E-state index contributed by atoms with van der Waals surface area (Å²) in [5, 5.41) is 4.44. The number of hydrogen-bond acceptors (Lipinski definition) is 3. The molecule has 0 aliphatic rings. The molecule has 0 spiro atoms. The predicted molar refractivity (Wildman–Crippen MR) is 83.4 cm³/mol. The number of nitrogens with zero attached hydrogens (tertiary/aromatic N) is 1. The van der Waals surface area contributed by atoms with E-state index in [1.807, 2.05) is 0 Å². The molecular weight excluding hydrogens is 271 g/mol. The quantitative estimate of drug-likeness (QED) is 0.860. The number of rotatable bonds is 6. The van der Waals surface area contributed by atoms with Crippen molar-refractivity contribution >= 4 is 11.3 Å². The molecule has 1 N–H and O–H groups in total. The Morgan fingerprint density at radius 2 is 1.95 bits per heavy atom. The molecule has 20 heavy (non-hydrogen) atoms. The topological polar surface area (TPSA) is 24.9 Å². The number of aryl methyl sites for hydroxylation is 1. The van der Waals surface area contributed by atoms with E-state index in [2.05, 4.69) is 31.1 Å². The molecule has 0 amide bonds. The Kier molecular flexibility index (Phi) is 5.26. The zero-order valence-electron chi connectivity index (χ0n) is 12.2. The number of nitrogens with one attached hydrogen (secondary N) is 1. The Hall–Kier alpha value is -1.26. The van der Waals surface area contributed by atoms with Gasteiger partial charge in [0.05, 0.1) is 5.69 Å². The molecule has 4 heteroatoms. The van der Waals surface area contributed by atoms with E-state index in [1.165, 1.54) is 17.0 Å². The number of hydrogen-bond donors (Lipinski definition) is 1. The van der Waals surface area contributed by atoms with Gasteiger partial charge in [-0.15, -0.1) is 11.3 Å². The van der Waals surface area contributed by atoms with Gasteiger partial charge in [0.25, 0.3) is 0 Å². The summed E-state index contributed by atoms with van der Waals surface area (Å²) in [6.07, 6.45) is 0.927. The van der Waals surface area contributed by atoms with E-state index in [0.717, 1.165) is 35.8 Å². The minimum Gasteiger partial charge on any atom is -0.312 e. The van der Waals surface area contributed by atoms with Gasteiger partial charge in [0.2, 0.25) is 0 Å². The highest BCUT2D eigenvalue weighted by Crippen LogP contribution is 2.28. The van der Waals surface area contributed by atoms with Crippen LogP contribution in [0.4, 0.5) is 4.39 Å². The lowest BCUT2D eigenvalue weighted by Gasteiger charge is -2.06. The molecule has 0 atom stereocenters. The van der Waals surface area contributed by atoms with Crippen molar-refractivity contribution in [2.45, 2.75) is 33.7 Å². The highest BCUT2D eigenvalue weighted by Gasteiger charge is 2.11. The largest absolute Gasteiger partial charge is 0.312 e. The number of halogens is 1. The molecule has 1 aromatic carbocycles. The van der Waals surface area contributed by atoms with Crippen molar-refractivity contribution < 1.29 is 4.39 Å². The lowest BCUT2D eigenvalue weighted by molar-refractivity contribution is 0.553. The number of thiazole rings is 1. The maximum Gasteiger partial charge on any atom is 0.123 e. The van der Waals surface area contributed by atoms with Crippen LogP contribution in [-0.2, 0) is 13.0 Å². The second-order valence-corrected chi connectivity index (χ2v) is 6.36. The van der Waals surface area contributed by atoms with E-state index in [0.29, 0.717) is 5.92 Å². The molecule has 0 radical (unpaired) electrons. The van der Waals surface area contributed by atoms with Crippen molar-refractivity contribution in [3.63, 3.8) is 0 Å². The highest BCUT2D eigenvalue weighted by atomic mass is 32.1. The van der Waals surface area contributed by atoms with E-state index in [1.54, 1.807) is 23.5 Å². The first-order chi connectivity index (χ1) is 9.60. The molecule has 0 fully saturated rings. The first-order valence-electron chi connectivity index (χ1n) is 7.05. The van der Waals surface area contributed by atoms with Crippen LogP contribution in [0.1, 0.15) is 31.3 Å². The molecule has 0 aliphatic carbocycles. The fourth-order valence-corrected chi connectivity index (χ4v) is 3.11. The SMILES string of the molecule is CCc1nc(-c2ccc(F)cc2)sc1CNCC(C)C. The molecule has 2 nitrogen and oxygen atoms in total. The van der Waals surface area contributed by atoms with Crippen LogP contribution in [0.25, 0.3) is 10.6 Å². The molecule has 0 bridgehead atoms. The maximum atomic E-state index is 13.0. The Balaban J connectivity index is 2.15. The monoisotopic (exact) mass is 292 g/mol. The average molecular weight is 292 g/mol. The van der Waals surface area contributed by atoms with Crippen LogP contribution in [0, 0.1) is 11.7 Å². The summed E-state index contributed by atoms with van der Waals surface area (Å²) in [4.78, 5) is 5.97. The molecule has 0 saturated carbocycles. The van der Waals surface area contributed by atoms with Crippen LogP contribution in [0.3, 0.4) is 0 Å². The Morgan fingerprint density at radius 3 is 2.55 bits per heavy atom. The zero-order chi connectivity index (χ0) is 14.5. The normalized spacial score (nSPS) is 11.2. The second kappa shape index (κ2) is 6.95. The standard InChI is InChI=1S/C16H21FN2S/c1-4-14-15(10-18-9-11(2)3)20-16(19-14)12-5-7-13(17)8-6-12/h5-8,11,18H,4,9-10H2,1-3H3. The van der Waals surface area contributed by atoms with Gasteiger partial charge in [-0.1, -0.05) is 20.8 Å². The summed E-state index contributed by atoms with van der Waals surface area (Å²) in [6, 6.07) is 6.55. The lowest BCUT2D eigenvalue weighted by Crippen LogP contribution is -2.18. The molecule has 0 unspecified atom stereocenters. The maximum absolute atomic E-state index is 13.0. The van der Waals surface area contributed by atoms with Crippen molar-refractivity contribution in [2.75, 3.05) is 6.54 Å².